The number of hydrogen-bond donors (Lipinski definition) is 0. The molecule has 3 heteroatoms. The molecule has 0 N–H and O–H groups in total. The maximum atomic E-state index is 13.2. The van der Waals surface area contributed by atoms with Crippen LogP contribution in [0.5, 0.6) is 0 Å². The van der Waals surface area contributed by atoms with Crippen LogP contribution in [0.4, 0.5) is 5.69 Å². The molecular weight excluding hydrogens is 314 g/mol. The van der Waals surface area contributed by atoms with Gasteiger partial charge in [-0.1, -0.05) is 66.7 Å². The summed E-state index contributed by atoms with van der Waals surface area (Å²) in [5.74, 6) is 0.0706. The Morgan fingerprint density at radius 2 is 1.29 bits per heavy atom. The molecule has 0 radical (unpaired) electrons. The maximum absolute atomic E-state index is 13.2. The molecule has 0 saturated carbocycles. The van der Waals surface area contributed by atoms with E-state index in [1.54, 1.807) is 16.7 Å². The number of carbonyl (C=O) groups is 1. The van der Waals surface area contributed by atoms with Crippen LogP contribution >= 0.6 is 11.8 Å². The number of nitrogens with zero attached hydrogens (tertiary/aromatic N) is 1. The van der Waals surface area contributed by atoms with E-state index in [2.05, 4.69) is 0 Å². The van der Waals surface area contributed by atoms with Crippen LogP contribution in [-0.2, 0) is 4.79 Å². The van der Waals surface area contributed by atoms with E-state index in [4.69, 9.17) is 0 Å². The zero-order valence-corrected chi connectivity index (χ0v) is 14.3. The second kappa shape index (κ2) is 7.84. The van der Waals surface area contributed by atoms with Gasteiger partial charge in [-0.3, -0.25) is 4.79 Å². The number of rotatable bonds is 5. The Kier molecular flexibility index (Phi) is 5.34. The largest absolute Gasteiger partial charge is 0.314 e. The van der Waals surface area contributed by atoms with Gasteiger partial charge in [0.05, 0.1) is 0 Å². The summed E-state index contributed by atoms with van der Waals surface area (Å²) in [4.78, 5) is 16.0. The van der Waals surface area contributed by atoms with E-state index in [0.29, 0.717) is 0 Å². The highest BCUT2D eigenvalue weighted by Crippen LogP contribution is 2.37. The molecule has 0 bridgehead atoms. The number of carbonyl (C=O) groups excluding carboxylic acids is 1. The Balaban J connectivity index is 1.91. The van der Waals surface area contributed by atoms with Gasteiger partial charge in [0.2, 0.25) is 5.91 Å². The van der Waals surface area contributed by atoms with Gasteiger partial charge in [0.1, 0.15) is 5.25 Å². The van der Waals surface area contributed by atoms with Crippen molar-refractivity contribution in [3.05, 3.63) is 96.6 Å². The summed E-state index contributed by atoms with van der Waals surface area (Å²) in [6, 6.07) is 29.7. The Morgan fingerprint density at radius 1 is 0.792 bits per heavy atom. The highest BCUT2D eigenvalue weighted by atomic mass is 32.2. The molecule has 24 heavy (non-hydrogen) atoms. The number of hydrogen-bond acceptors (Lipinski definition) is 2. The molecule has 0 aromatic heterocycles. The van der Waals surface area contributed by atoms with Crippen LogP contribution in [-0.4, -0.2) is 13.0 Å². The average Bonchev–Trinajstić information content (AvgIpc) is 2.67. The van der Waals surface area contributed by atoms with Crippen LogP contribution in [0.3, 0.4) is 0 Å². The molecule has 0 spiro atoms. The minimum atomic E-state index is -0.279. The molecule has 120 valence electrons. The maximum Gasteiger partial charge on any atom is 0.244 e. The van der Waals surface area contributed by atoms with Gasteiger partial charge in [-0.15, -0.1) is 11.8 Å². The van der Waals surface area contributed by atoms with Gasteiger partial charge in [0, 0.05) is 17.6 Å². The van der Waals surface area contributed by atoms with E-state index in [1.165, 1.54) is 0 Å². The molecule has 0 aliphatic heterocycles. The van der Waals surface area contributed by atoms with Gasteiger partial charge < -0.3 is 4.90 Å². The fourth-order valence-corrected chi connectivity index (χ4v) is 3.62. The monoisotopic (exact) mass is 333 g/mol. The average molecular weight is 333 g/mol. The summed E-state index contributed by atoms with van der Waals surface area (Å²) in [6.07, 6.45) is 0. The number of amides is 1. The second-order valence-corrected chi connectivity index (χ2v) is 6.63. The molecule has 0 fully saturated rings. The lowest BCUT2D eigenvalue weighted by atomic mass is 10.1. The molecular formula is C21H19NOS. The molecule has 0 heterocycles. The van der Waals surface area contributed by atoms with Crippen molar-refractivity contribution in [3.63, 3.8) is 0 Å². The van der Waals surface area contributed by atoms with E-state index < -0.39 is 0 Å². The predicted octanol–water partition coefficient (Wildman–Crippen LogP) is 5.18. The van der Waals surface area contributed by atoms with E-state index >= 15 is 0 Å². The van der Waals surface area contributed by atoms with Crippen molar-refractivity contribution in [2.75, 3.05) is 11.9 Å². The van der Waals surface area contributed by atoms with Gasteiger partial charge in [0.25, 0.3) is 0 Å². The summed E-state index contributed by atoms with van der Waals surface area (Å²) in [7, 11) is 1.83. The number of anilines is 1. The summed E-state index contributed by atoms with van der Waals surface area (Å²) < 4.78 is 0. The molecule has 3 aromatic rings. The van der Waals surface area contributed by atoms with Crippen molar-refractivity contribution < 1.29 is 4.79 Å². The first-order valence-electron chi connectivity index (χ1n) is 7.85. The lowest BCUT2D eigenvalue weighted by Gasteiger charge is -2.24. The topological polar surface area (TPSA) is 20.3 Å². The van der Waals surface area contributed by atoms with Crippen molar-refractivity contribution in [2.24, 2.45) is 0 Å². The molecule has 0 aliphatic rings. The van der Waals surface area contributed by atoms with Crippen LogP contribution in [0.1, 0.15) is 10.8 Å². The van der Waals surface area contributed by atoms with Gasteiger partial charge in [-0.2, -0.15) is 0 Å². The third-order valence-electron chi connectivity index (χ3n) is 3.80. The van der Waals surface area contributed by atoms with Crippen LogP contribution in [0.2, 0.25) is 0 Å². The van der Waals surface area contributed by atoms with Gasteiger partial charge in [0.15, 0.2) is 0 Å². The Labute approximate surface area is 147 Å². The van der Waals surface area contributed by atoms with E-state index in [1.807, 2.05) is 98.0 Å². The van der Waals surface area contributed by atoms with Crippen LogP contribution < -0.4 is 4.90 Å². The van der Waals surface area contributed by atoms with Crippen LogP contribution in [0, 0.1) is 0 Å². The Morgan fingerprint density at radius 3 is 1.88 bits per heavy atom. The van der Waals surface area contributed by atoms with Crippen molar-refractivity contribution in [1.29, 1.82) is 0 Å². The highest BCUT2D eigenvalue weighted by molar-refractivity contribution is 8.00. The zero-order valence-electron chi connectivity index (χ0n) is 13.5. The van der Waals surface area contributed by atoms with Crippen LogP contribution in [0.25, 0.3) is 0 Å². The number of para-hydroxylation sites is 1. The summed E-state index contributed by atoms with van der Waals surface area (Å²) in [6.45, 7) is 0. The number of benzene rings is 3. The molecule has 3 aromatic carbocycles. The van der Waals surface area contributed by atoms with Crippen molar-refractivity contribution in [1.82, 2.24) is 0 Å². The normalized spacial score (nSPS) is 11.7. The molecule has 3 rings (SSSR count). The quantitative estimate of drug-likeness (QED) is 0.599. The smallest absolute Gasteiger partial charge is 0.244 e. The fraction of sp³-hybridized carbons (Fsp3) is 0.0952. The van der Waals surface area contributed by atoms with Gasteiger partial charge in [-0.05, 0) is 29.8 Å². The fourth-order valence-electron chi connectivity index (χ4n) is 2.48. The lowest BCUT2D eigenvalue weighted by Crippen LogP contribution is -2.30. The first kappa shape index (κ1) is 16.3. The van der Waals surface area contributed by atoms with Gasteiger partial charge >= 0.3 is 0 Å². The minimum Gasteiger partial charge on any atom is -0.314 e. The summed E-state index contributed by atoms with van der Waals surface area (Å²) >= 11 is 1.58. The first-order valence-corrected chi connectivity index (χ1v) is 8.73. The minimum absolute atomic E-state index is 0.0706. The Bertz CT molecular complexity index is 775. The molecule has 0 aliphatic carbocycles. The number of thioether (sulfide) groups is 1. The first-order chi connectivity index (χ1) is 11.8. The van der Waals surface area contributed by atoms with Crippen molar-refractivity contribution in [2.45, 2.75) is 10.1 Å². The molecule has 1 amide bonds. The summed E-state index contributed by atoms with van der Waals surface area (Å²) in [5, 5.41) is -0.279. The third kappa shape index (κ3) is 3.87. The molecule has 0 saturated heterocycles. The predicted molar refractivity (Wildman–Crippen MR) is 101 cm³/mol. The third-order valence-corrected chi connectivity index (χ3v) is 5.05. The summed E-state index contributed by atoms with van der Waals surface area (Å²) in [5.41, 5.74) is 1.91. The van der Waals surface area contributed by atoms with Crippen molar-refractivity contribution in [3.8, 4) is 0 Å². The highest BCUT2D eigenvalue weighted by Gasteiger charge is 2.25. The lowest BCUT2D eigenvalue weighted by molar-refractivity contribution is -0.117. The molecule has 1 atom stereocenters. The van der Waals surface area contributed by atoms with E-state index in [0.717, 1.165) is 16.1 Å². The molecule has 0 unspecified atom stereocenters. The van der Waals surface area contributed by atoms with Crippen LogP contribution in [0.15, 0.2) is 95.9 Å². The van der Waals surface area contributed by atoms with Crippen molar-refractivity contribution >= 4 is 23.4 Å². The van der Waals surface area contributed by atoms with Gasteiger partial charge in [-0.25, -0.2) is 0 Å². The van der Waals surface area contributed by atoms with E-state index in [9.17, 15) is 4.79 Å². The SMILES string of the molecule is CN(C(=O)[C@@H](Sc1ccccc1)c1ccccc1)c1ccccc1. The van der Waals surface area contributed by atoms with E-state index in [-0.39, 0.29) is 11.2 Å². The number of likely N-dealkylation sites (N-methyl/N-ethyl adjacent to an activating group) is 1. The second-order valence-electron chi connectivity index (χ2n) is 5.45. The standard InChI is InChI=1S/C21H19NOS/c1-22(18-13-7-3-8-14-18)21(23)20(17-11-5-2-6-12-17)24-19-15-9-4-10-16-19/h2-16,20H,1H3/t20-/m0/s1. The molecule has 2 nitrogen and oxygen atoms in total. The zero-order chi connectivity index (χ0) is 16.8. The Hall–Kier alpha value is -2.52.